The number of aromatic nitrogens is 4. The molecule has 0 saturated heterocycles. The van der Waals surface area contributed by atoms with E-state index in [0.717, 1.165) is 66.5 Å². The number of fused-ring (bicyclic) bond motifs is 6. The lowest BCUT2D eigenvalue weighted by Gasteiger charge is -2.34. The van der Waals surface area contributed by atoms with Crippen molar-refractivity contribution in [2.45, 2.75) is 0 Å². The molecule has 3 aromatic heterocycles. The van der Waals surface area contributed by atoms with E-state index in [1.165, 1.54) is 31.5 Å². The van der Waals surface area contributed by atoms with Crippen LogP contribution in [0.15, 0.2) is 259 Å². The average Bonchev–Trinajstić information content (AvgIpc) is 3.98. The van der Waals surface area contributed by atoms with E-state index in [0.29, 0.717) is 17.5 Å². The molecule has 0 amide bonds. The van der Waals surface area contributed by atoms with Gasteiger partial charge in [-0.15, -0.1) is 0 Å². The molecular formula is C63H42N4OSi. The van der Waals surface area contributed by atoms with Gasteiger partial charge in [-0.2, -0.15) is 0 Å². The Bertz CT molecular complexity index is 3850. The van der Waals surface area contributed by atoms with Crippen LogP contribution in [0.5, 0.6) is 0 Å². The Hall–Kier alpha value is -8.97. The van der Waals surface area contributed by atoms with Gasteiger partial charge < -0.3 is 8.98 Å². The Labute approximate surface area is 400 Å². The van der Waals surface area contributed by atoms with Gasteiger partial charge in [-0.25, -0.2) is 15.0 Å². The lowest BCUT2D eigenvalue weighted by Crippen LogP contribution is -2.74. The molecule has 3 heterocycles. The molecule has 0 aliphatic heterocycles. The van der Waals surface area contributed by atoms with Crippen LogP contribution in [0, 0.1) is 0 Å². The summed E-state index contributed by atoms with van der Waals surface area (Å²) in [5, 5.41) is 9.83. The minimum atomic E-state index is -2.76. The summed E-state index contributed by atoms with van der Waals surface area (Å²) in [4.78, 5) is 16.0. The van der Waals surface area contributed by atoms with Crippen LogP contribution in [0.25, 0.3) is 94.7 Å². The predicted octanol–water partition coefficient (Wildman–Crippen LogP) is 12.9. The molecule has 0 atom stereocenters. The SMILES string of the molecule is c1ccc([Si](c2ccccc2)(c2ccccc2)c2ccc(-c3nc(-c4ccc(-c5cccc6c5oc5ccccc56)cc4)nc(-c4ccccc4-n4c5ccccc5c5ccccc54)n3)cc2)cc1. The zero-order valence-electron chi connectivity index (χ0n) is 37.4. The van der Waals surface area contributed by atoms with Gasteiger partial charge in [0.2, 0.25) is 0 Å². The van der Waals surface area contributed by atoms with Crippen LogP contribution < -0.4 is 20.7 Å². The quantitative estimate of drug-likeness (QED) is 0.107. The molecule has 10 aromatic carbocycles. The van der Waals surface area contributed by atoms with Crippen LogP contribution in [0.1, 0.15) is 0 Å². The van der Waals surface area contributed by atoms with Gasteiger partial charge in [0.05, 0.1) is 16.7 Å². The lowest BCUT2D eigenvalue weighted by atomic mass is 10.0. The number of hydrogen-bond acceptors (Lipinski definition) is 4. The number of para-hydroxylation sites is 5. The fourth-order valence-corrected chi connectivity index (χ4v) is 15.2. The van der Waals surface area contributed by atoms with E-state index in [1.807, 2.05) is 12.1 Å². The summed E-state index contributed by atoms with van der Waals surface area (Å²) in [6.07, 6.45) is 0. The van der Waals surface area contributed by atoms with Gasteiger partial charge in [0, 0.05) is 43.8 Å². The van der Waals surface area contributed by atoms with Crippen LogP contribution in [-0.2, 0) is 0 Å². The van der Waals surface area contributed by atoms with E-state index in [4.69, 9.17) is 19.4 Å². The van der Waals surface area contributed by atoms with E-state index in [9.17, 15) is 0 Å². The normalized spacial score (nSPS) is 11.8. The second-order valence-corrected chi connectivity index (χ2v) is 21.3. The topological polar surface area (TPSA) is 56.7 Å². The standard InChI is InChI=1S/C63H42N4OSi/c1-4-19-46(20-5-1)69(47-21-6-2-7-22-47,48-23-8-3-9-24-48)49-41-39-45(40-42-49)62-64-61(44-37-35-43(36-38-44)50-29-18-30-54-53-27-13-17-34-59(53)68-60(50)54)65-63(66-62)55-28-12-16-33-58(55)67-56-31-14-10-25-51(56)52-26-11-15-32-57(52)67/h1-42H. The second kappa shape index (κ2) is 16.7. The molecule has 5 nitrogen and oxygen atoms in total. The van der Waals surface area contributed by atoms with E-state index in [-0.39, 0.29) is 0 Å². The first-order valence-corrected chi connectivity index (χ1v) is 25.3. The Morgan fingerprint density at radius 1 is 0.304 bits per heavy atom. The molecule has 0 saturated carbocycles. The molecule has 324 valence electrons. The van der Waals surface area contributed by atoms with Gasteiger partial charge in [0.1, 0.15) is 11.2 Å². The van der Waals surface area contributed by atoms with Crippen LogP contribution >= 0.6 is 0 Å². The van der Waals surface area contributed by atoms with Crippen molar-refractivity contribution in [1.82, 2.24) is 19.5 Å². The van der Waals surface area contributed by atoms with Gasteiger partial charge in [0.15, 0.2) is 25.5 Å². The van der Waals surface area contributed by atoms with Crippen molar-refractivity contribution in [3.8, 4) is 51.0 Å². The van der Waals surface area contributed by atoms with Crippen molar-refractivity contribution in [3.05, 3.63) is 255 Å². The summed E-state index contributed by atoms with van der Waals surface area (Å²) in [7, 11) is -2.76. The molecule has 6 heteroatoms. The summed E-state index contributed by atoms with van der Waals surface area (Å²) in [6, 6.07) is 90.8. The number of rotatable bonds is 9. The van der Waals surface area contributed by atoms with Gasteiger partial charge in [0.25, 0.3) is 0 Å². The number of furan rings is 1. The van der Waals surface area contributed by atoms with E-state index < -0.39 is 8.07 Å². The highest BCUT2D eigenvalue weighted by Crippen LogP contribution is 2.38. The fourth-order valence-electron chi connectivity index (χ4n) is 10.5. The van der Waals surface area contributed by atoms with E-state index in [1.54, 1.807) is 0 Å². The molecule has 0 N–H and O–H groups in total. The molecule has 0 aliphatic carbocycles. The van der Waals surface area contributed by atoms with Gasteiger partial charge in [-0.3, -0.25) is 0 Å². The molecule has 0 spiro atoms. The maximum atomic E-state index is 6.45. The van der Waals surface area contributed by atoms with E-state index in [2.05, 4.69) is 247 Å². The number of nitrogens with zero attached hydrogens (tertiary/aromatic N) is 4. The Kier molecular flexibility index (Phi) is 9.77. The minimum Gasteiger partial charge on any atom is -0.455 e. The number of benzene rings is 10. The Balaban J connectivity index is 0.989. The second-order valence-electron chi connectivity index (χ2n) is 17.5. The van der Waals surface area contributed by atoms with Crippen LogP contribution in [0.2, 0.25) is 0 Å². The van der Waals surface area contributed by atoms with Crippen molar-refractivity contribution < 1.29 is 4.42 Å². The predicted molar refractivity (Wildman–Crippen MR) is 287 cm³/mol. The first-order chi connectivity index (χ1) is 34.2. The van der Waals surface area contributed by atoms with Crippen molar-refractivity contribution in [2.24, 2.45) is 0 Å². The summed E-state index contributed by atoms with van der Waals surface area (Å²) < 4.78 is 8.79. The van der Waals surface area contributed by atoms with Gasteiger partial charge in [-0.05, 0) is 56.6 Å². The van der Waals surface area contributed by atoms with Crippen molar-refractivity contribution >= 4 is 72.6 Å². The average molecular weight is 899 g/mol. The van der Waals surface area contributed by atoms with Crippen LogP contribution in [0.4, 0.5) is 0 Å². The fraction of sp³-hybridized carbons (Fsp3) is 0. The van der Waals surface area contributed by atoms with Crippen molar-refractivity contribution in [1.29, 1.82) is 0 Å². The summed E-state index contributed by atoms with van der Waals surface area (Å²) in [5.41, 5.74) is 9.77. The third kappa shape index (κ3) is 6.72. The van der Waals surface area contributed by atoms with Gasteiger partial charge in [-0.1, -0.05) is 224 Å². The molecule has 13 rings (SSSR count). The Morgan fingerprint density at radius 3 is 1.32 bits per heavy atom. The molecule has 0 aliphatic rings. The highest BCUT2D eigenvalue weighted by molar-refractivity contribution is 7.19. The van der Waals surface area contributed by atoms with Gasteiger partial charge >= 0.3 is 0 Å². The summed E-state index contributed by atoms with van der Waals surface area (Å²) >= 11 is 0. The molecule has 0 bridgehead atoms. The summed E-state index contributed by atoms with van der Waals surface area (Å²) in [6.45, 7) is 0. The maximum Gasteiger partial charge on any atom is 0.179 e. The maximum absolute atomic E-state index is 6.45. The highest BCUT2D eigenvalue weighted by Gasteiger charge is 2.41. The third-order valence-electron chi connectivity index (χ3n) is 13.7. The van der Waals surface area contributed by atoms with Crippen LogP contribution in [0.3, 0.4) is 0 Å². The smallest absolute Gasteiger partial charge is 0.179 e. The van der Waals surface area contributed by atoms with Crippen LogP contribution in [-0.4, -0.2) is 27.6 Å². The monoisotopic (exact) mass is 898 g/mol. The van der Waals surface area contributed by atoms with Crippen molar-refractivity contribution in [3.63, 3.8) is 0 Å². The molecule has 13 aromatic rings. The lowest BCUT2D eigenvalue weighted by molar-refractivity contribution is 0.670. The zero-order chi connectivity index (χ0) is 45.7. The van der Waals surface area contributed by atoms with Crippen molar-refractivity contribution in [2.75, 3.05) is 0 Å². The highest BCUT2D eigenvalue weighted by atomic mass is 28.3. The molecule has 0 unspecified atom stereocenters. The summed E-state index contributed by atoms with van der Waals surface area (Å²) in [5.74, 6) is 1.78. The molecular weight excluding hydrogens is 857 g/mol. The molecule has 0 fully saturated rings. The third-order valence-corrected chi connectivity index (χ3v) is 18.5. The molecule has 0 radical (unpaired) electrons. The van der Waals surface area contributed by atoms with E-state index >= 15 is 0 Å². The molecule has 69 heavy (non-hydrogen) atoms. The first-order valence-electron chi connectivity index (χ1n) is 23.3. The Morgan fingerprint density at radius 2 is 0.725 bits per heavy atom. The minimum absolute atomic E-state index is 0.589. The zero-order valence-corrected chi connectivity index (χ0v) is 38.4. The first kappa shape index (κ1) is 40.3. The number of hydrogen-bond donors (Lipinski definition) is 0. The largest absolute Gasteiger partial charge is 0.455 e.